The summed E-state index contributed by atoms with van der Waals surface area (Å²) in [4.78, 5) is 8.59. The highest BCUT2D eigenvalue weighted by Crippen LogP contribution is 2.23. The van der Waals surface area contributed by atoms with Crippen LogP contribution in [0.15, 0.2) is 64.0 Å². The lowest BCUT2D eigenvalue weighted by Crippen LogP contribution is -2.16. The number of nitrogens with zero attached hydrogens (tertiary/aromatic N) is 2. The smallest absolute Gasteiger partial charge is 0.264 e. The molecule has 1 N–H and O–H groups in total. The van der Waals surface area contributed by atoms with Gasteiger partial charge < -0.3 is 0 Å². The molecule has 5 nitrogen and oxygen atoms in total. The van der Waals surface area contributed by atoms with Crippen LogP contribution in [0.5, 0.6) is 0 Å². The first kappa shape index (κ1) is 15.4. The Kier molecular flexibility index (Phi) is 3.89. The molecule has 2 aromatic heterocycles. The molecule has 0 aliphatic carbocycles. The summed E-state index contributed by atoms with van der Waals surface area (Å²) in [6, 6.07) is 9.11. The zero-order valence-corrected chi connectivity index (χ0v) is 15.3. The number of allylic oxidation sites excluding steroid dienone is 1. The number of sulfonamides is 1. The molecular formula is C17H12IN3O2S. The van der Waals surface area contributed by atoms with E-state index >= 15 is 0 Å². The normalized spacial score (nSPS) is 13.3. The molecule has 0 spiro atoms. The van der Waals surface area contributed by atoms with Crippen molar-refractivity contribution < 1.29 is 8.42 Å². The Morgan fingerprint density at radius 3 is 2.88 bits per heavy atom. The Morgan fingerprint density at radius 1 is 1.08 bits per heavy atom. The SMILES string of the molecule is O=S(=O)(Nc1cnc2c(c1)=CC=CI=2)c1cncc2ccccc12. The van der Waals surface area contributed by atoms with Crippen molar-refractivity contribution in [2.24, 2.45) is 0 Å². The minimum atomic E-state index is -3.74. The molecule has 0 unspecified atom stereocenters. The first-order valence-corrected chi connectivity index (χ1v) is 10.9. The number of aromatic nitrogens is 2. The predicted octanol–water partition coefficient (Wildman–Crippen LogP) is 2.96. The average molecular weight is 449 g/mol. The Balaban J connectivity index is 1.79. The molecule has 120 valence electrons. The zero-order valence-electron chi connectivity index (χ0n) is 12.3. The molecule has 3 aromatic rings. The van der Waals surface area contributed by atoms with Gasteiger partial charge in [0.2, 0.25) is 0 Å². The largest absolute Gasteiger partial charge is 0.278 e. The topological polar surface area (TPSA) is 72.0 Å². The quantitative estimate of drug-likeness (QED) is 0.625. The highest BCUT2D eigenvalue weighted by molar-refractivity contribution is 14.2. The lowest BCUT2D eigenvalue weighted by molar-refractivity contribution is 0.601. The molecular weight excluding hydrogens is 437 g/mol. The van der Waals surface area contributed by atoms with E-state index < -0.39 is 10.0 Å². The average Bonchev–Trinajstić information content (AvgIpc) is 2.61. The van der Waals surface area contributed by atoms with Crippen LogP contribution in [-0.2, 0) is 10.0 Å². The number of halogens is 1. The van der Waals surface area contributed by atoms with E-state index in [1.54, 1.807) is 18.5 Å². The molecule has 0 saturated carbocycles. The second-order valence-electron chi connectivity index (χ2n) is 5.16. The highest BCUT2D eigenvalue weighted by Gasteiger charge is 2.18. The summed E-state index contributed by atoms with van der Waals surface area (Å²) in [5.74, 6) is 0. The summed E-state index contributed by atoms with van der Waals surface area (Å²) in [5.41, 5.74) is 0.456. The van der Waals surface area contributed by atoms with Gasteiger partial charge in [-0.3, -0.25) is 9.71 Å². The summed E-state index contributed by atoms with van der Waals surface area (Å²) < 4.78 is 31.4. The van der Waals surface area contributed by atoms with E-state index in [-0.39, 0.29) is 25.6 Å². The van der Waals surface area contributed by atoms with Crippen LogP contribution in [0.25, 0.3) is 16.8 Å². The number of anilines is 1. The second kappa shape index (κ2) is 6.06. The second-order valence-corrected chi connectivity index (χ2v) is 9.18. The predicted molar refractivity (Wildman–Crippen MR) is 103 cm³/mol. The van der Waals surface area contributed by atoms with Gasteiger partial charge in [-0.25, -0.2) is 13.4 Å². The highest BCUT2D eigenvalue weighted by atomic mass is 127. The van der Waals surface area contributed by atoms with Crippen LogP contribution in [0.4, 0.5) is 5.69 Å². The molecule has 0 radical (unpaired) electrons. The molecule has 0 amide bonds. The van der Waals surface area contributed by atoms with Crippen molar-refractivity contribution in [3.05, 3.63) is 67.6 Å². The summed E-state index contributed by atoms with van der Waals surface area (Å²) in [6.07, 6.45) is 8.53. The molecule has 0 bridgehead atoms. The van der Waals surface area contributed by atoms with Crippen molar-refractivity contribution in [2.45, 2.75) is 4.90 Å². The van der Waals surface area contributed by atoms with E-state index in [4.69, 9.17) is 0 Å². The fourth-order valence-electron chi connectivity index (χ4n) is 2.48. The molecule has 0 fully saturated rings. The third-order valence-electron chi connectivity index (χ3n) is 3.55. The van der Waals surface area contributed by atoms with Crippen molar-refractivity contribution in [3.8, 4) is 0 Å². The third-order valence-corrected chi connectivity index (χ3v) is 7.23. The Hall–Kier alpha value is -2.13. The number of fused-ring (bicyclic) bond motifs is 2. The van der Waals surface area contributed by atoms with Crippen molar-refractivity contribution >= 4 is 53.3 Å². The summed E-state index contributed by atoms with van der Waals surface area (Å²) >= 11 is -0.231. The number of hydrogen-bond donors (Lipinski definition) is 1. The van der Waals surface area contributed by atoms with Crippen LogP contribution in [0.2, 0.25) is 0 Å². The number of rotatable bonds is 3. The van der Waals surface area contributed by atoms with E-state index in [1.807, 2.05) is 36.4 Å². The zero-order chi connectivity index (χ0) is 16.6. The first-order chi connectivity index (χ1) is 11.6. The van der Waals surface area contributed by atoms with Gasteiger partial charge in [0.15, 0.2) is 0 Å². The van der Waals surface area contributed by atoms with Crippen LogP contribution in [-0.4, -0.2) is 18.4 Å². The van der Waals surface area contributed by atoms with Gasteiger partial charge in [-0.15, -0.1) is 0 Å². The van der Waals surface area contributed by atoms with E-state index in [2.05, 4.69) is 18.8 Å². The van der Waals surface area contributed by atoms with E-state index in [0.717, 1.165) is 13.9 Å². The maximum Gasteiger partial charge on any atom is 0.264 e. The lowest BCUT2D eigenvalue weighted by atomic mass is 10.2. The van der Waals surface area contributed by atoms with Crippen LogP contribution < -0.4 is 9.94 Å². The van der Waals surface area contributed by atoms with Gasteiger partial charge in [0.1, 0.15) is 8.18 Å². The molecule has 3 heterocycles. The van der Waals surface area contributed by atoms with Crippen molar-refractivity contribution in [2.75, 3.05) is 4.72 Å². The molecule has 24 heavy (non-hydrogen) atoms. The molecule has 1 aliphatic rings. The van der Waals surface area contributed by atoms with Crippen LogP contribution in [0.3, 0.4) is 0 Å². The minimum Gasteiger partial charge on any atom is -0.278 e. The van der Waals surface area contributed by atoms with Crippen LogP contribution >= 0.6 is 20.7 Å². The molecule has 7 heteroatoms. The van der Waals surface area contributed by atoms with Crippen molar-refractivity contribution in [1.29, 1.82) is 0 Å². The van der Waals surface area contributed by atoms with E-state index in [0.29, 0.717) is 11.1 Å². The minimum absolute atomic E-state index is 0.162. The number of benzene rings is 1. The van der Waals surface area contributed by atoms with Gasteiger partial charge in [0, 0.05) is 28.4 Å². The summed E-state index contributed by atoms with van der Waals surface area (Å²) in [6.45, 7) is 0. The fourth-order valence-corrected chi connectivity index (χ4v) is 5.44. The first-order valence-electron chi connectivity index (χ1n) is 7.12. The Labute approximate surface area is 148 Å². The van der Waals surface area contributed by atoms with Gasteiger partial charge in [-0.05, 0) is 10.1 Å². The lowest BCUT2D eigenvalue weighted by Gasteiger charge is -2.10. The summed E-state index contributed by atoms with van der Waals surface area (Å²) in [5, 5.41) is 2.40. The molecule has 4 rings (SSSR count). The Bertz CT molecular complexity index is 1200. The van der Waals surface area contributed by atoms with E-state index in [1.165, 1.54) is 6.20 Å². The molecule has 1 aliphatic heterocycles. The van der Waals surface area contributed by atoms with E-state index in [9.17, 15) is 8.42 Å². The van der Waals surface area contributed by atoms with Crippen molar-refractivity contribution in [1.82, 2.24) is 9.97 Å². The van der Waals surface area contributed by atoms with Crippen LogP contribution in [0, 0.1) is 3.28 Å². The van der Waals surface area contributed by atoms with Crippen molar-refractivity contribution in [3.63, 3.8) is 0 Å². The van der Waals surface area contributed by atoms with Gasteiger partial charge in [0.25, 0.3) is 10.0 Å². The standard InChI is InChI=1S/C17H12IN3O2S/c22-24(23,16-11-19-9-13-4-1-2-6-15(13)16)21-14-8-12-5-3-7-18-17(12)20-10-14/h1-11,21H. The van der Waals surface area contributed by atoms with Gasteiger partial charge in [-0.2, -0.15) is 0 Å². The maximum absolute atomic E-state index is 12.8. The molecule has 0 saturated heterocycles. The van der Waals surface area contributed by atoms with Gasteiger partial charge >= 0.3 is 0 Å². The van der Waals surface area contributed by atoms with Gasteiger partial charge in [-0.1, -0.05) is 57.1 Å². The fraction of sp³-hybridized carbons (Fsp3) is 0. The number of nitrogens with one attached hydrogen (secondary N) is 1. The summed E-state index contributed by atoms with van der Waals surface area (Å²) in [7, 11) is -3.74. The third kappa shape index (κ3) is 2.84. The monoisotopic (exact) mass is 449 g/mol. The molecule has 0 atom stereocenters. The Morgan fingerprint density at radius 2 is 1.96 bits per heavy atom. The van der Waals surface area contributed by atoms with Crippen LogP contribution in [0.1, 0.15) is 0 Å². The number of pyridine rings is 2. The number of hydrogen-bond acceptors (Lipinski definition) is 4. The van der Waals surface area contributed by atoms with Gasteiger partial charge in [0.05, 0.1) is 11.9 Å². The maximum atomic E-state index is 12.8. The molecule has 1 aromatic carbocycles.